The third-order valence-electron chi connectivity index (χ3n) is 4.33. The molecule has 110 valence electrons. The Labute approximate surface area is 122 Å². The maximum Gasteiger partial charge on any atom is 0.115 e. The molecule has 1 N–H and O–H groups in total. The Balaban J connectivity index is 1.51. The molecule has 0 radical (unpaired) electrons. The zero-order chi connectivity index (χ0) is 14.2. The van der Waals surface area contributed by atoms with E-state index in [2.05, 4.69) is 15.2 Å². The van der Waals surface area contributed by atoms with E-state index in [9.17, 15) is 5.11 Å². The normalized spacial score (nSPS) is 25.3. The van der Waals surface area contributed by atoms with Crippen molar-refractivity contribution in [1.29, 1.82) is 0 Å². The van der Waals surface area contributed by atoms with E-state index in [0.717, 1.165) is 37.3 Å². The molecule has 1 saturated heterocycles. The van der Waals surface area contributed by atoms with E-state index >= 15 is 0 Å². The van der Waals surface area contributed by atoms with Crippen LogP contribution in [0.15, 0.2) is 30.5 Å². The van der Waals surface area contributed by atoms with Crippen LogP contribution in [0.5, 0.6) is 5.75 Å². The van der Waals surface area contributed by atoms with Gasteiger partial charge in [0, 0.05) is 19.6 Å². The lowest BCUT2D eigenvalue weighted by Crippen LogP contribution is -2.47. The summed E-state index contributed by atoms with van der Waals surface area (Å²) in [6, 6.07) is 7.69. The van der Waals surface area contributed by atoms with Crippen molar-refractivity contribution in [3.8, 4) is 5.75 Å². The highest BCUT2D eigenvalue weighted by Gasteiger charge is 2.36. The predicted molar refractivity (Wildman–Crippen MR) is 75.6 cm³/mol. The van der Waals surface area contributed by atoms with E-state index in [1.54, 1.807) is 12.3 Å². The molecule has 3 heterocycles. The first-order chi connectivity index (χ1) is 10.3. The zero-order valence-corrected chi connectivity index (χ0v) is 11.7. The second kappa shape index (κ2) is 5.13. The second-order valence-corrected chi connectivity index (χ2v) is 5.78. The van der Waals surface area contributed by atoms with Gasteiger partial charge in [-0.15, -0.1) is 5.10 Å². The Morgan fingerprint density at radius 3 is 3.24 bits per heavy atom. The fourth-order valence-electron chi connectivity index (χ4n) is 3.30. The van der Waals surface area contributed by atoms with Crippen LogP contribution < -0.4 is 0 Å². The Hall–Kier alpha value is -1.92. The molecule has 2 aliphatic heterocycles. The fourth-order valence-corrected chi connectivity index (χ4v) is 3.30. The Morgan fingerprint density at radius 2 is 2.33 bits per heavy atom. The molecular weight excluding hydrogens is 268 g/mol. The van der Waals surface area contributed by atoms with Gasteiger partial charge in [-0.1, -0.05) is 17.3 Å². The first kappa shape index (κ1) is 12.8. The van der Waals surface area contributed by atoms with Gasteiger partial charge in [0.2, 0.25) is 0 Å². The molecule has 0 aliphatic carbocycles. The van der Waals surface area contributed by atoms with Crippen molar-refractivity contribution < 1.29 is 9.84 Å². The number of aromatic nitrogens is 3. The third-order valence-corrected chi connectivity index (χ3v) is 4.33. The van der Waals surface area contributed by atoms with Gasteiger partial charge in [-0.05, 0) is 24.1 Å². The lowest BCUT2D eigenvalue weighted by Gasteiger charge is -2.41. The molecule has 2 aliphatic rings. The molecule has 0 spiro atoms. The molecule has 2 aromatic rings. The Morgan fingerprint density at radius 1 is 1.38 bits per heavy atom. The van der Waals surface area contributed by atoms with Gasteiger partial charge in [0.1, 0.15) is 5.75 Å². The predicted octanol–water partition coefficient (Wildman–Crippen LogP) is 1.33. The van der Waals surface area contributed by atoms with Crippen molar-refractivity contribution in [3.05, 3.63) is 41.7 Å². The lowest BCUT2D eigenvalue weighted by molar-refractivity contribution is -0.0669. The lowest BCUT2D eigenvalue weighted by atomic mass is 10.00. The maximum atomic E-state index is 9.57. The molecular formula is C15H18N4O2. The van der Waals surface area contributed by atoms with Crippen LogP contribution >= 0.6 is 0 Å². The number of benzene rings is 1. The van der Waals surface area contributed by atoms with Gasteiger partial charge in [-0.3, -0.25) is 4.90 Å². The second-order valence-electron chi connectivity index (χ2n) is 5.78. The smallest absolute Gasteiger partial charge is 0.115 e. The minimum atomic E-state index is 0.236. The highest BCUT2D eigenvalue weighted by molar-refractivity contribution is 5.27. The van der Waals surface area contributed by atoms with Crippen LogP contribution in [-0.4, -0.2) is 44.2 Å². The van der Waals surface area contributed by atoms with E-state index < -0.39 is 0 Å². The molecule has 1 aromatic carbocycles. The number of ether oxygens (including phenoxy) is 1. The number of nitrogens with zero attached hydrogens (tertiary/aromatic N) is 4. The minimum absolute atomic E-state index is 0.236. The van der Waals surface area contributed by atoms with Crippen molar-refractivity contribution in [2.75, 3.05) is 13.1 Å². The summed E-state index contributed by atoms with van der Waals surface area (Å²) < 4.78 is 7.93. The number of piperidine rings is 1. The van der Waals surface area contributed by atoms with Gasteiger partial charge >= 0.3 is 0 Å². The van der Waals surface area contributed by atoms with Gasteiger partial charge in [-0.25, -0.2) is 4.68 Å². The van der Waals surface area contributed by atoms with E-state index in [-0.39, 0.29) is 12.1 Å². The van der Waals surface area contributed by atoms with Crippen LogP contribution in [-0.2, 0) is 17.9 Å². The molecule has 21 heavy (non-hydrogen) atoms. The summed E-state index contributed by atoms with van der Waals surface area (Å²) in [5.41, 5.74) is 2.18. The quantitative estimate of drug-likeness (QED) is 0.902. The number of likely N-dealkylation sites (tertiary alicyclic amines) is 1. The van der Waals surface area contributed by atoms with Crippen LogP contribution in [0.2, 0.25) is 0 Å². The third kappa shape index (κ3) is 2.41. The molecule has 1 aromatic heterocycles. The first-order valence-electron chi connectivity index (χ1n) is 7.30. The number of hydrogen-bond acceptors (Lipinski definition) is 5. The molecule has 1 fully saturated rings. The molecule has 0 saturated carbocycles. The van der Waals surface area contributed by atoms with Gasteiger partial charge in [0.25, 0.3) is 0 Å². The number of phenols is 1. The molecule has 4 rings (SSSR count). The van der Waals surface area contributed by atoms with Crippen molar-refractivity contribution in [2.24, 2.45) is 0 Å². The van der Waals surface area contributed by atoms with E-state index in [1.165, 1.54) is 0 Å². The zero-order valence-electron chi connectivity index (χ0n) is 11.7. The topological polar surface area (TPSA) is 63.4 Å². The number of phenolic OH excluding ortho intramolecular Hbond substituents is 1. The van der Waals surface area contributed by atoms with Gasteiger partial charge < -0.3 is 9.84 Å². The largest absolute Gasteiger partial charge is 0.508 e. The molecule has 6 heteroatoms. The standard InChI is InChI=1S/C15H18N4O2/c20-13-3-1-2-11(6-13)8-18-5-4-15-14(9-18)19-12(10-21-15)7-16-17-19/h1-3,6-7,14-15,20H,4-5,8-10H2/t14-,15+/m0/s1. The molecule has 6 nitrogen and oxygen atoms in total. The van der Waals surface area contributed by atoms with Crippen molar-refractivity contribution >= 4 is 0 Å². The SMILES string of the molecule is Oc1cccc(CN2CC[C@H]3OCc4cnnn4[C@H]3C2)c1. The number of aromatic hydroxyl groups is 1. The van der Waals surface area contributed by atoms with Crippen molar-refractivity contribution in [1.82, 2.24) is 19.9 Å². The van der Waals surface area contributed by atoms with Gasteiger partial charge in [-0.2, -0.15) is 0 Å². The summed E-state index contributed by atoms with van der Waals surface area (Å²) in [5, 5.41) is 17.8. The summed E-state index contributed by atoms with van der Waals surface area (Å²) in [7, 11) is 0. The average Bonchev–Trinajstić information content (AvgIpc) is 2.96. The Bertz CT molecular complexity index is 642. The van der Waals surface area contributed by atoms with Crippen LogP contribution in [0.3, 0.4) is 0 Å². The van der Waals surface area contributed by atoms with Crippen LogP contribution in [0.4, 0.5) is 0 Å². The minimum Gasteiger partial charge on any atom is -0.508 e. The highest BCUT2D eigenvalue weighted by Crippen LogP contribution is 2.30. The summed E-state index contributed by atoms with van der Waals surface area (Å²) in [6.07, 6.45) is 3.02. The van der Waals surface area contributed by atoms with Crippen LogP contribution in [0.1, 0.15) is 23.7 Å². The van der Waals surface area contributed by atoms with E-state index in [1.807, 2.05) is 22.9 Å². The number of rotatable bonds is 2. The average molecular weight is 286 g/mol. The fraction of sp³-hybridized carbons (Fsp3) is 0.467. The van der Waals surface area contributed by atoms with E-state index in [0.29, 0.717) is 12.4 Å². The van der Waals surface area contributed by atoms with Crippen molar-refractivity contribution in [3.63, 3.8) is 0 Å². The van der Waals surface area contributed by atoms with Crippen LogP contribution in [0.25, 0.3) is 0 Å². The molecule has 0 bridgehead atoms. The van der Waals surface area contributed by atoms with Crippen molar-refractivity contribution in [2.45, 2.75) is 31.7 Å². The maximum absolute atomic E-state index is 9.57. The van der Waals surface area contributed by atoms with Gasteiger partial charge in [0.05, 0.1) is 30.6 Å². The summed E-state index contributed by atoms with van der Waals surface area (Å²) in [5.74, 6) is 0.321. The summed E-state index contributed by atoms with van der Waals surface area (Å²) in [6.45, 7) is 3.35. The molecule has 0 unspecified atom stereocenters. The number of fused-ring (bicyclic) bond motifs is 3. The highest BCUT2D eigenvalue weighted by atomic mass is 16.5. The van der Waals surface area contributed by atoms with E-state index in [4.69, 9.17) is 4.74 Å². The van der Waals surface area contributed by atoms with Crippen LogP contribution in [0, 0.1) is 0 Å². The van der Waals surface area contributed by atoms with Gasteiger partial charge in [0.15, 0.2) is 0 Å². The Kier molecular flexibility index (Phi) is 3.12. The molecule has 2 atom stereocenters. The first-order valence-corrected chi connectivity index (χ1v) is 7.30. The molecule has 0 amide bonds. The monoisotopic (exact) mass is 286 g/mol. The summed E-state index contributed by atoms with van der Waals surface area (Å²) in [4.78, 5) is 2.38. The summed E-state index contributed by atoms with van der Waals surface area (Å²) >= 11 is 0. The number of hydrogen-bond donors (Lipinski definition) is 1.